The average molecular weight is 972 g/mol. The van der Waals surface area contributed by atoms with Crippen molar-refractivity contribution in [2.24, 2.45) is 0 Å². The Bertz CT molecular complexity index is 1440. The number of unbranched alkanes of at least 4 members (excludes halogenated alkanes) is 27. The van der Waals surface area contributed by atoms with E-state index in [2.05, 4.69) is 69.4 Å². The number of ether oxygens (including phenoxy) is 3. The van der Waals surface area contributed by atoms with Crippen molar-refractivity contribution in [2.45, 2.75) is 264 Å². The fourth-order valence-electron chi connectivity index (χ4n) is 7.90. The quantitative estimate of drug-likeness (QED) is 0.0199. The maximum absolute atomic E-state index is 12.9. The largest absolute Gasteiger partial charge is 0.462 e. The Kier molecular flexibility index (Phi) is 54.4. The third-order valence-electron chi connectivity index (χ3n) is 12.2. The van der Waals surface area contributed by atoms with E-state index < -0.39 is 6.10 Å². The van der Waals surface area contributed by atoms with E-state index in [1.54, 1.807) is 0 Å². The average Bonchev–Trinajstić information content (AvgIpc) is 3.36. The maximum atomic E-state index is 12.9. The molecule has 0 aliphatic heterocycles. The molecule has 0 saturated carbocycles. The number of carbonyl (C=O) groups excluding carboxylic acids is 3. The monoisotopic (exact) mass is 971 g/mol. The molecule has 398 valence electrons. The van der Waals surface area contributed by atoms with Crippen LogP contribution in [0.2, 0.25) is 0 Å². The molecule has 6 nitrogen and oxygen atoms in total. The first-order chi connectivity index (χ1) is 34.5. The highest BCUT2D eigenvalue weighted by Gasteiger charge is 2.19. The number of carbonyl (C=O) groups is 3. The normalized spacial score (nSPS) is 12.9. The van der Waals surface area contributed by atoms with Gasteiger partial charge in [0.15, 0.2) is 6.10 Å². The molecule has 70 heavy (non-hydrogen) atoms. The van der Waals surface area contributed by atoms with Gasteiger partial charge in [0, 0.05) is 19.3 Å². The Hall–Kier alpha value is -3.93. The second kappa shape index (κ2) is 57.6. The Morgan fingerprint density at radius 2 is 0.629 bits per heavy atom. The van der Waals surface area contributed by atoms with Crippen LogP contribution in [0.1, 0.15) is 258 Å². The van der Waals surface area contributed by atoms with Gasteiger partial charge in [0.1, 0.15) is 13.2 Å². The zero-order valence-electron chi connectivity index (χ0n) is 45.5. The van der Waals surface area contributed by atoms with Crippen molar-refractivity contribution < 1.29 is 28.6 Å². The van der Waals surface area contributed by atoms with Crippen LogP contribution < -0.4 is 0 Å². The van der Waals surface area contributed by atoms with Crippen LogP contribution >= 0.6 is 0 Å². The molecule has 0 rings (SSSR count). The van der Waals surface area contributed by atoms with Crippen LogP contribution in [0.4, 0.5) is 0 Å². The van der Waals surface area contributed by atoms with E-state index in [9.17, 15) is 14.4 Å². The van der Waals surface area contributed by atoms with Gasteiger partial charge in [-0.2, -0.15) is 0 Å². The first-order valence-corrected chi connectivity index (χ1v) is 29.0. The van der Waals surface area contributed by atoms with E-state index >= 15 is 0 Å². The van der Waals surface area contributed by atoms with Crippen LogP contribution in [0.25, 0.3) is 0 Å². The third-order valence-corrected chi connectivity index (χ3v) is 12.2. The molecule has 0 aromatic carbocycles. The third kappa shape index (κ3) is 55.0. The van der Waals surface area contributed by atoms with Crippen molar-refractivity contribution in [1.29, 1.82) is 0 Å². The summed E-state index contributed by atoms with van der Waals surface area (Å²) < 4.78 is 16.8. The number of hydrogen-bond acceptors (Lipinski definition) is 6. The Morgan fingerprint density at radius 1 is 0.314 bits per heavy atom. The molecular weight excluding hydrogens is 865 g/mol. The van der Waals surface area contributed by atoms with Gasteiger partial charge in [0.2, 0.25) is 0 Å². The van der Waals surface area contributed by atoms with E-state index in [4.69, 9.17) is 14.2 Å². The molecule has 0 aliphatic rings. The lowest BCUT2D eigenvalue weighted by Gasteiger charge is -2.18. The maximum Gasteiger partial charge on any atom is 0.306 e. The lowest BCUT2D eigenvalue weighted by molar-refractivity contribution is -0.167. The number of hydrogen-bond donors (Lipinski definition) is 0. The van der Waals surface area contributed by atoms with Crippen molar-refractivity contribution in [3.05, 3.63) is 109 Å². The summed E-state index contributed by atoms with van der Waals surface area (Å²) in [6.45, 7) is 6.36. The van der Waals surface area contributed by atoms with E-state index in [0.29, 0.717) is 19.3 Å². The van der Waals surface area contributed by atoms with Gasteiger partial charge in [-0.25, -0.2) is 0 Å². The van der Waals surface area contributed by atoms with Gasteiger partial charge >= 0.3 is 17.9 Å². The van der Waals surface area contributed by atoms with Crippen molar-refractivity contribution in [2.75, 3.05) is 13.2 Å². The fraction of sp³-hybridized carbons (Fsp3) is 0.672. The summed E-state index contributed by atoms with van der Waals surface area (Å²) in [5, 5.41) is 0. The minimum Gasteiger partial charge on any atom is -0.462 e. The molecule has 0 aliphatic carbocycles. The molecule has 1 atom stereocenters. The second-order valence-corrected chi connectivity index (χ2v) is 18.9. The van der Waals surface area contributed by atoms with Crippen LogP contribution in [0.15, 0.2) is 109 Å². The minimum absolute atomic E-state index is 0.0973. The molecule has 6 heteroatoms. The van der Waals surface area contributed by atoms with Crippen LogP contribution in [0, 0.1) is 0 Å². The zero-order chi connectivity index (χ0) is 50.7. The summed E-state index contributed by atoms with van der Waals surface area (Å²) in [5.74, 6) is -0.943. The van der Waals surface area contributed by atoms with Gasteiger partial charge in [-0.15, -0.1) is 0 Å². The van der Waals surface area contributed by atoms with Crippen LogP contribution in [-0.2, 0) is 28.6 Å². The SMILES string of the molecule is CC\C=C/C=C\C=C/C=C\C=C\C=C/CCCCCC(=O)OC(COC(=O)CCCCCCCCCCC/C=C\C/C=C\C/C=C\CC)COC(=O)CCCCCCCCCCCCCCCCCC. The predicted octanol–water partition coefficient (Wildman–Crippen LogP) is 19.5. The Morgan fingerprint density at radius 3 is 1.06 bits per heavy atom. The number of allylic oxidation sites excluding steroid dienone is 18. The summed E-state index contributed by atoms with van der Waals surface area (Å²) in [6.07, 6.45) is 77.9. The molecule has 0 fully saturated rings. The van der Waals surface area contributed by atoms with Crippen LogP contribution in [0.5, 0.6) is 0 Å². The summed E-state index contributed by atoms with van der Waals surface area (Å²) in [6, 6.07) is 0. The van der Waals surface area contributed by atoms with Crippen molar-refractivity contribution in [3.63, 3.8) is 0 Å². The molecule has 0 aromatic heterocycles. The summed E-state index contributed by atoms with van der Waals surface area (Å²) in [7, 11) is 0. The van der Waals surface area contributed by atoms with E-state index in [1.165, 1.54) is 128 Å². The zero-order valence-corrected chi connectivity index (χ0v) is 45.5. The van der Waals surface area contributed by atoms with Gasteiger partial charge in [0.05, 0.1) is 0 Å². The molecule has 0 saturated heterocycles. The lowest BCUT2D eigenvalue weighted by Crippen LogP contribution is -2.30. The molecule has 0 amide bonds. The highest BCUT2D eigenvalue weighted by molar-refractivity contribution is 5.71. The Labute approximate surface area is 431 Å². The van der Waals surface area contributed by atoms with Gasteiger partial charge in [-0.05, 0) is 70.6 Å². The molecule has 0 aromatic rings. The summed E-state index contributed by atoms with van der Waals surface area (Å²) >= 11 is 0. The number of esters is 3. The second-order valence-electron chi connectivity index (χ2n) is 18.9. The van der Waals surface area contributed by atoms with Gasteiger partial charge < -0.3 is 14.2 Å². The number of rotatable bonds is 51. The van der Waals surface area contributed by atoms with Crippen molar-refractivity contribution in [3.8, 4) is 0 Å². The van der Waals surface area contributed by atoms with Gasteiger partial charge in [-0.3, -0.25) is 14.4 Å². The fourth-order valence-corrected chi connectivity index (χ4v) is 7.90. The lowest BCUT2D eigenvalue weighted by atomic mass is 10.0. The van der Waals surface area contributed by atoms with Gasteiger partial charge in [0.25, 0.3) is 0 Å². The smallest absolute Gasteiger partial charge is 0.306 e. The highest BCUT2D eigenvalue weighted by atomic mass is 16.6. The van der Waals surface area contributed by atoms with Gasteiger partial charge in [-0.1, -0.05) is 278 Å². The molecule has 0 radical (unpaired) electrons. The first kappa shape index (κ1) is 66.1. The van der Waals surface area contributed by atoms with Crippen molar-refractivity contribution >= 4 is 17.9 Å². The van der Waals surface area contributed by atoms with Crippen molar-refractivity contribution in [1.82, 2.24) is 0 Å². The molecule has 0 heterocycles. The van der Waals surface area contributed by atoms with E-state index in [1.807, 2.05) is 60.8 Å². The molecule has 0 N–H and O–H groups in total. The standard InChI is InChI=1S/C64H106O6/c1-4-7-10-13-16-19-22-25-28-31-32-34-36-39-42-45-48-51-54-57-63(66)69-60-61(59-68-62(65)56-53-50-47-44-41-38-35-30-27-24-21-18-15-12-9-6-3)70-64(67)58-55-52-49-46-43-40-37-33-29-26-23-20-17-14-11-8-5-2/h7-8,10-11,14,16-17,19-20,23,25-26,28-29,33,37,40,43,61H,4-6,9,12-13,15,18,21-22,24,27,30-32,34-36,38-39,41-42,44-60H2,1-3H3/b10-7-,11-8-,17-14-,19-16-,23-20-,28-25-,29-26-,37-33+,43-40-. The predicted molar refractivity (Wildman–Crippen MR) is 302 cm³/mol. The highest BCUT2D eigenvalue weighted by Crippen LogP contribution is 2.16. The molecule has 1 unspecified atom stereocenters. The minimum atomic E-state index is -0.805. The molecule has 0 spiro atoms. The summed E-state index contributed by atoms with van der Waals surface area (Å²) in [4.78, 5) is 38.2. The van der Waals surface area contributed by atoms with Crippen LogP contribution in [-0.4, -0.2) is 37.2 Å². The molecular formula is C64H106O6. The summed E-state index contributed by atoms with van der Waals surface area (Å²) in [5.41, 5.74) is 0. The topological polar surface area (TPSA) is 78.9 Å². The molecule has 0 bridgehead atoms. The first-order valence-electron chi connectivity index (χ1n) is 29.0. The van der Waals surface area contributed by atoms with E-state index in [0.717, 1.165) is 83.5 Å². The van der Waals surface area contributed by atoms with Crippen LogP contribution in [0.3, 0.4) is 0 Å². The Balaban J connectivity index is 4.47. The van der Waals surface area contributed by atoms with E-state index in [-0.39, 0.29) is 37.5 Å².